The van der Waals surface area contributed by atoms with Crippen molar-refractivity contribution in [2.75, 3.05) is 18.0 Å². The molecule has 11 nitrogen and oxygen atoms in total. The van der Waals surface area contributed by atoms with Crippen molar-refractivity contribution in [1.29, 1.82) is 5.26 Å². The normalized spacial score (nSPS) is 18.8. The number of carboxylic acid groups (broad SMARTS) is 1. The number of halogens is 3. The summed E-state index contributed by atoms with van der Waals surface area (Å²) < 4.78 is 70.9. The summed E-state index contributed by atoms with van der Waals surface area (Å²) in [5.74, 6) is -2.78. The van der Waals surface area contributed by atoms with E-state index >= 15 is 0 Å². The zero-order valence-electron chi connectivity index (χ0n) is 25.0. The van der Waals surface area contributed by atoms with Gasteiger partial charge in [0.1, 0.15) is 16.7 Å². The van der Waals surface area contributed by atoms with Gasteiger partial charge in [-0.05, 0) is 79.1 Å². The van der Waals surface area contributed by atoms with E-state index in [0.717, 1.165) is 29.2 Å². The molecule has 46 heavy (non-hydrogen) atoms. The lowest BCUT2D eigenvalue weighted by Crippen LogP contribution is -2.45. The Hall–Kier alpha value is -4.55. The number of benzene rings is 1. The number of hydrogen-bond acceptors (Lipinski definition) is 8. The fourth-order valence-electron chi connectivity index (χ4n) is 6.51. The molecule has 1 fully saturated rings. The molecule has 0 amide bonds. The van der Waals surface area contributed by atoms with Gasteiger partial charge < -0.3 is 10.0 Å². The highest BCUT2D eigenvalue weighted by atomic mass is 32.2. The maximum absolute atomic E-state index is 14.1. The van der Waals surface area contributed by atoms with Crippen molar-refractivity contribution >= 4 is 27.5 Å². The highest BCUT2D eigenvalue weighted by molar-refractivity contribution is 7.89. The van der Waals surface area contributed by atoms with Crippen molar-refractivity contribution in [3.8, 4) is 6.07 Å². The van der Waals surface area contributed by atoms with Gasteiger partial charge in [-0.25, -0.2) is 13.4 Å². The van der Waals surface area contributed by atoms with Gasteiger partial charge in [0.2, 0.25) is 15.8 Å². The van der Waals surface area contributed by atoms with E-state index in [1.165, 1.54) is 28.7 Å². The molecule has 0 saturated carbocycles. The molecule has 0 bridgehead atoms. The molecule has 1 unspecified atom stereocenters. The number of carbonyl (C=O) groups is 1. The standard InChI is InChI=1S/C31H30F3N7O4S/c1-18-6-7-20(25(14-27(42)43)24-10-12-41-28(19(24)2)37-38-30(41)31(32,33)34)13-21(18)16-39-17-23-5-3-4-11-40(23)29-26(46(39,44)45)9-8-22(15-35)36-29/h6-10,12-13,23,25H,3-5,11,14,16-17H2,1-2H3,(H,42,43)/t23?,25-/m0/s1. The summed E-state index contributed by atoms with van der Waals surface area (Å²) in [5.41, 5.74) is 2.94. The van der Waals surface area contributed by atoms with Gasteiger partial charge in [-0.3, -0.25) is 9.20 Å². The molecular weight excluding hydrogens is 623 g/mol. The number of aryl methyl sites for hydroxylation is 2. The predicted octanol–water partition coefficient (Wildman–Crippen LogP) is 4.80. The van der Waals surface area contributed by atoms with Gasteiger partial charge in [0.25, 0.3) is 0 Å². The zero-order chi connectivity index (χ0) is 33.0. The monoisotopic (exact) mass is 653 g/mol. The molecule has 6 rings (SSSR count). The molecular formula is C31H30F3N7O4S. The second-order valence-electron chi connectivity index (χ2n) is 11.7. The fraction of sp³-hybridized carbons (Fsp3) is 0.387. The molecule has 0 spiro atoms. The van der Waals surface area contributed by atoms with Crippen LogP contribution in [-0.4, -0.2) is 62.5 Å². The summed E-state index contributed by atoms with van der Waals surface area (Å²) in [6, 6.07) is 11.4. The average molecular weight is 654 g/mol. The number of sulfonamides is 1. The van der Waals surface area contributed by atoms with E-state index in [2.05, 4.69) is 15.2 Å². The average Bonchev–Trinajstić information content (AvgIpc) is 3.44. The number of fused-ring (bicyclic) bond motifs is 4. The first-order chi connectivity index (χ1) is 21.8. The van der Waals surface area contributed by atoms with Gasteiger partial charge in [-0.15, -0.1) is 10.2 Å². The first kappa shape index (κ1) is 31.4. The Kier molecular flexibility index (Phi) is 7.97. The van der Waals surface area contributed by atoms with Gasteiger partial charge in [0, 0.05) is 37.8 Å². The van der Waals surface area contributed by atoms with Crippen LogP contribution in [0.25, 0.3) is 5.65 Å². The van der Waals surface area contributed by atoms with Crippen molar-refractivity contribution in [3.63, 3.8) is 0 Å². The Labute approximate surface area is 263 Å². The number of pyridine rings is 2. The molecule has 1 saturated heterocycles. The van der Waals surface area contributed by atoms with Crippen LogP contribution in [-0.2, 0) is 27.5 Å². The first-order valence-electron chi connectivity index (χ1n) is 14.7. The molecule has 2 atom stereocenters. The largest absolute Gasteiger partial charge is 0.481 e. The quantitative estimate of drug-likeness (QED) is 0.310. The minimum Gasteiger partial charge on any atom is -0.481 e. The molecule has 1 aromatic carbocycles. The third-order valence-electron chi connectivity index (χ3n) is 8.88. The topological polar surface area (TPSA) is 145 Å². The van der Waals surface area contributed by atoms with E-state index in [4.69, 9.17) is 0 Å². The molecule has 2 aliphatic heterocycles. The number of aliphatic carboxylic acids is 1. The number of anilines is 1. The van der Waals surface area contributed by atoms with E-state index in [1.807, 2.05) is 17.9 Å². The highest BCUT2D eigenvalue weighted by Gasteiger charge is 2.40. The van der Waals surface area contributed by atoms with Crippen molar-refractivity contribution in [2.24, 2.45) is 0 Å². The maximum atomic E-state index is 14.1. The molecule has 2 aliphatic rings. The lowest BCUT2D eigenvalue weighted by atomic mass is 9.85. The summed E-state index contributed by atoms with van der Waals surface area (Å²) in [6.07, 6.45) is -1.35. The van der Waals surface area contributed by atoms with Crippen LogP contribution in [0.5, 0.6) is 0 Å². The van der Waals surface area contributed by atoms with Gasteiger partial charge in [0.15, 0.2) is 11.5 Å². The number of piperidine rings is 1. The van der Waals surface area contributed by atoms with Crippen LogP contribution in [0, 0.1) is 25.2 Å². The van der Waals surface area contributed by atoms with Crippen LogP contribution in [0.15, 0.2) is 47.5 Å². The Morgan fingerprint density at radius 1 is 1.15 bits per heavy atom. The van der Waals surface area contributed by atoms with E-state index in [9.17, 15) is 36.8 Å². The third-order valence-corrected chi connectivity index (χ3v) is 10.7. The second-order valence-corrected chi connectivity index (χ2v) is 13.6. The molecule has 1 N–H and O–H groups in total. The van der Waals surface area contributed by atoms with Gasteiger partial charge in [-0.1, -0.05) is 18.2 Å². The van der Waals surface area contributed by atoms with Crippen molar-refractivity contribution in [2.45, 2.75) is 69.1 Å². The molecule has 0 aliphatic carbocycles. The second kappa shape index (κ2) is 11.7. The lowest BCUT2D eigenvalue weighted by molar-refractivity contribution is -0.145. The minimum atomic E-state index is -4.73. The van der Waals surface area contributed by atoms with E-state index in [1.54, 1.807) is 25.1 Å². The predicted molar refractivity (Wildman–Crippen MR) is 160 cm³/mol. The molecule has 4 aromatic rings. The summed E-state index contributed by atoms with van der Waals surface area (Å²) in [4.78, 5) is 18.5. The third kappa shape index (κ3) is 5.56. The zero-order valence-corrected chi connectivity index (χ0v) is 25.8. The van der Waals surface area contributed by atoms with Crippen molar-refractivity contribution in [3.05, 3.63) is 81.9 Å². The summed E-state index contributed by atoms with van der Waals surface area (Å²) in [6.45, 7) is 4.24. The van der Waals surface area contributed by atoms with Crippen LogP contribution >= 0.6 is 0 Å². The van der Waals surface area contributed by atoms with Crippen LogP contribution in [0.2, 0.25) is 0 Å². The molecule has 240 valence electrons. The SMILES string of the molecule is Cc1ccc([C@H](CC(=O)O)c2ccn3c(C(F)(F)F)nnc3c2C)cc1CN1CC2CCCCN2c2nc(C#N)ccc2S1(=O)=O. The number of alkyl halides is 3. The maximum Gasteiger partial charge on any atom is 0.452 e. The smallest absolute Gasteiger partial charge is 0.452 e. The number of rotatable bonds is 6. The van der Waals surface area contributed by atoms with Crippen LogP contribution in [0.3, 0.4) is 0 Å². The Morgan fingerprint density at radius 3 is 2.65 bits per heavy atom. The first-order valence-corrected chi connectivity index (χ1v) is 16.1. The molecule has 3 aromatic heterocycles. The Morgan fingerprint density at radius 2 is 1.93 bits per heavy atom. The highest BCUT2D eigenvalue weighted by Crippen LogP contribution is 2.38. The summed E-state index contributed by atoms with van der Waals surface area (Å²) >= 11 is 0. The number of aromatic nitrogens is 4. The number of nitrogens with zero attached hydrogens (tertiary/aromatic N) is 7. The van der Waals surface area contributed by atoms with E-state index in [-0.39, 0.29) is 47.6 Å². The van der Waals surface area contributed by atoms with E-state index < -0.39 is 33.9 Å². The van der Waals surface area contributed by atoms with Crippen LogP contribution < -0.4 is 4.90 Å². The van der Waals surface area contributed by atoms with Crippen molar-refractivity contribution in [1.82, 2.24) is 23.9 Å². The summed E-state index contributed by atoms with van der Waals surface area (Å²) in [5, 5.41) is 26.3. The lowest BCUT2D eigenvalue weighted by Gasteiger charge is -2.36. The number of nitriles is 1. The summed E-state index contributed by atoms with van der Waals surface area (Å²) in [7, 11) is -4.05. The number of carboxylic acids is 1. The Bertz CT molecular complexity index is 2010. The fourth-order valence-corrected chi connectivity index (χ4v) is 8.10. The molecule has 5 heterocycles. The molecule has 0 radical (unpaired) electrons. The molecule has 15 heteroatoms. The van der Waals surface area contributed by atoms with Gasteiger partial charge in [0.05, 0.1) is 6.42 Å². The van der Waals surface area contributed by atoms with Crippen molar-refractivity contribution < 1.29 is 31.5 Å². The Balaban J connectivity index is 1.41. The van der Waals surface area contributed by atoms with E-state index in [0.29, 0.717) is 28.8 Å². The van der Waals surface area contributed by atoms with Crippen LogP contribution in [0.4, 0.5) is 19.0 Å². The van der Waals surface area contributed by atoms with Crippen LogP contribution in [0.1, 0.15) is 70.9 Å². The minimum absolute atomic E-state index is 0.00270. The number of hydrogen-bond donors (Lipinski definition) is 1. The van der Waals surface area contributed by atoms with Gasteiger partial charge in [-0.2, -0.15) is 22.7 Å². The van der Waals surface area contributed by atoms with Gasteiger partial charge >= 0.3 is 12.1 Å².